The van der Waals surface area contributed by atoms with Crippen LogP contribution in [0.4, 0.5) is 11.4 Å². The highest BCUT2D eigenvalue weighted by Crippen LogP contribution is 2.35. The highest BCUT2D eigenvalue weighted by molar-refractivity contribution is 7.89. The molecule has 0 unspecified atom stereocenters. The number of carbonyl (C=O) groups excluding carboxylic acids is 1. The van der Waals surface area contributed by atoms with Crippen molar-refractivity contribution >= 4 is 38.9 Å². The number of aryl methyl sites for hydroxylation is 1. The van der Waals surface area contributed by atoms with Gasteiger partial charge in [-0.15, -0.1) is 11.6 Å². The number of carbonyl (C=O) groups is 1. The molecule has 0 radical (unpaired) electrons. The monoisotopic (exact) mass is 523 g/mol. The second-order valence-corrected chi connectivity index (χ2v) is 11.5. The molecule has 2 N–H and O–H groups in total. The van der Waals surface area contributed by atoms with Crippen LogP contribution in [0.5, 0.6) is 0 Å². The van der Waals surface area contributed by atoms with E-state index in [4.69, 9.17) is 11.6 Å². The van der Waals surface area contributed by atoms with Gasteiger partial charge in [0.2, 0.25) is 15.9 Å². The van der Waals surface area contributed by atoms with Gasteiger partial charge in [-0.3, -0.25) is 4.79 Å². The van der Waals surface area contributed by atoms with E-state index >= 15 is 0 Å². The Labute approximate surface area is 217 Å². The van der Waals surface area contributed by atoms with E-state index in [9.17, 15) is 13.2 Å². The minimum Gasteiger partial charge on any atom is -0.370 e. The predicted molar refractivity (Wildman–Crippen MR) is 144 cm³/mol. The Morgan fingerprint density at radius 3 is 2.44 bits per heavy atom. The molecule has 0 spiro atoms. The quantitative estimate of drug-likeness (QED) is 0.397. The molecule has 5 rings (SSSR count). The Balaban J connectivity index is 1.45. The summed E-state index contributed by atoms with van der Waals surface area (Å²) < 4.78 is 30.6. The molecule has 6 nitrogen and oxygen atoms in total. The number of benzene rings is 3. The van der Waals surface area contributed by atoms with E-state index < -0.39 is 21.3 Å². The van der Waals surface area contributed by atoms with Crippen LogP contribution in [0.15, 0.2) is 77.7 Å². The van der Waals surface area contributed by atoms with Gasteiger partial charge >= 0.3 is 0 Å². The van der Waals surface area contributed by atoms with E-state index in [0.717, 1.165) is 50.8 Å². The molecule has 1 aliphatic carbocycles. The zero-order chi connectivity index (χ0) is 25.1. The van der Waals surface area contributed by atoms with E-state index in [-0.39, 0.29) is 10.9 Å². The molecule has 1 amide bonds. The summed E-state index contributed by atoms with van der Waals surface area (Å²) in [5.41, 5.74) is 3.95. The molecule has 188 valence electrons. The lowest BCUT2D eigenvalue weighted by Crippen LogP contribution is -2.32. The molecule has 1 saturated heterocycles. The van der Waals surface area contributed by atoms with Gasteiger partial charge in [0, 0.05) is 24.8 Å². The second kappa shape index (κ2) is 10.6. The molecule has 1 heterocycles. The molecule has 1 aliphatic heterocycles. The van der Waals surface area contributed by atoms with Crippen molar-refractivity contribution in [2.45, 2.75) is 48.4 Å². The number of alkyl halides is 1. The first-order valence-electron chi connectivity index (χ1n) is 12.4. The average molecular weight is 524 g/mol. The molecular formula is C28H30ClN3O3S. The summed E-state index contributed by atoms with van der Waals surface area (Å²) >= 11 is 6.40. The van der Waals surface area contributed by atoms with Crippen molar-refractivity contribution in [2.24, 2.45) is 0 Å². The average Bonchev–Trinajstić information content (AvgIpc) is 3.44. The SMILES string of the molecule is O=C(Nc1ccc(N2CCCC2)c(S(=O)(=O)N[C@H]2CCCc3ccccc32)c1)[C@H](Cl)c1ccccc1. The maximum atomic E-state index is 13.8. The van der Waals surface area contributed by atoms with Gasteiger partial charge in [-0.05, 0) is 67.0 Å². The Hall–Kier alpha value is -2.87. The summed E-state index contributed by atoms with van der Waals surface area (Å²) in [7, 11) is -3.88. The smallest absolute Gasteiger partial charge is 0.246 e. The van der Waals surface area contributed by atoms with Crippen LogP contribution in [-0.2, 0) is 21.2 Å². The third-order valence-corrected chi connectivity index (χ3v) is 8.90. The fourth-order valence-electron chi connectivity index (χ4n) is 5.13. The first kappa shape index (κ1) is 24.8. The van der Waals surface area contributed by atoms with E-state index in [1.54, 1.807) is 30.3 Å². The highest BCUT2D eigenvalue weighted by Gasteiger charge is 2.30. The lowest BCUT2D eigenvalue weighted by atomic mass is 9.88. The fourth-order valence-corrected chi connectivity index (χ4v) is 6.83. The summed E-state index contributed by atoms with van der Waals surface area (Å²) in [6.45, 7) is 1.61. The highest BCUT2D eigenvalue weighted by atomic mass is 35.5. The van der Waals surface area contributed by atoms with Gasteiger partial charge in [0.15, 0.2) is 0 Å². The van der Waals surface area contributed by atoms with Crippen LogP contribution in [0, 0.1) is 0 Å². The van der Waals surface area contributed by atoms with Crippen molar-refractivity contribution in [1.82, 2.24) is 4.72 Å². The van der Waals surface area contributed by atoms with Gasteiger partial charge in [-0.2, -0.15) is 0 Å². The lowest BCUT2D eigenvalue weighted by Gasteiger charge is -2.28. The molecule has 1 fully saturated rings. The largest absolute Gasteiger partial charge is 0.370 e. The maximum absolute atomic E-state index is 13.8. The standard InChI is InChI=1S/C28H30ClN3O3S/c29-27(21-10-2-1-3-11-21)28(33)30-22-15-16-25(32-17-6-7-18-32)26(19-22)36(34,35)31-24-14-8-12-20-9-4-5-13-23(20)24/h1-5,9-11,13,15-16,19,24,27,31H,6-8,12,14,17-18H2,(H,30,33)/t24-,27+/m0/s1. The Kier molecular flexibility index (Phi) is 7.32. The van der Waals surface area contributed by atoms with Crippen molar-refractivity contribution in [3.63, 3.8) is 0 Å². The number of hydrogen-bond donors (Lipinski definition) is 2. The van der Waals surface area contributed by atoms with Crippen LogP contribution in [-0.4, -0.2) is 27.4 Å². The first-order valence-corrected chi connectivity index (χ1v) is 14.3. The summed E-state index contributed by atoms with van der Waals surface area (Å²) in [5, 5.41) is 1.92. The van der Waals surface area contributed by atoms with Crippen molar-refractivity contribution in [3.8, 4) is 0 Å². The molecule has 2 aliphatic rings. The molecule has 2 atom stereocenters. The lowest BCUT2D eigenvalue weighted by molar-refractivity contribution is -0.116. The van der Waals surface area contributed by atoms with Crippen LogP contribution >= 0.6 is 11.6 Å². The molecule has 0 saturated carbocycles. The van der Waals surface area contributed by atoms with Gasteiger partial charge in [-0.1, -0.05) is 54.6 Å². The summed E-state index contributed by atoms with van der Waals surface area (Å²) in [6.07, 6.45) is 4.67. The van der Waals surface area contributed by atoms with E-state index in [0.29, 0.717) is 16.9 Å². The van der Waals surface area contributed by atoms with Gasteiger partial charge in [0.05, 0.1) is 5.69 Å². The van der Waals surface area contributed by atoms with Crippen LogP contribution in [0.25, 0.3) is 0 Å². The molecule has 3 aromatic rings. The number of fused-ring (bicyclic) bond motifs is 1. The number of halogens is 1. The molecule has 8 heteroatoms. The third-order valence-electron chi connectivity index (χ3n) is 6.95. The van der Waals surface area contributed by atoms with Crippen molar-refractivity contribution in [1.29, 1.82) is 0 Å². The first-order chi connectivity index (χ1) is 17.4. The number of nitrogens with zero attached hydrogens (tertiary/aromatic N) is 1. The number of amides is 1. The molecule has 3 aromatic carbocycles. The maximum Gasteiger partial charge on any atom is 0.246 e. The molecule has 36 heavy (non-hydrogen) atoms. The van der Waals surface area contributed by atoms with E-state index in [1.165, 1.54) is 5.56 Å². The summed E-state index contributed by atoms with van der Waals surface area (Å²) in [6, 6.07) is 21.9. The van der Waals surface area contributed by atoms with E-state index in [1.807, 2.05) is 36.4 Å². The van der Waals surface area contributed by atoms with Crippen LogP contribution in [0.1, 0.15) is 53.8 Å². The third kappa shape index (κ3) is 5.28. The van der Waals surface area contributed by atoms with Crippen molar-refractivity contribution in [2.75, 3.05) is 23.3 Å². The van der Waals surface area contributed by atoms with E-state index in [2.05, 4.69) is 21.0 Å². The van der Waals surface area contributed by atoms with Gasteiger partial charge in [-0.25, -0.2) is 13.1 Å². The number of anilines is 2. The van der Waals surface area contributed by atoms with Crippen molar-refractivity contribution < 1.29 is 13.2 Å². The minimum atomic E-state index is -3.88. The zero-order valence-electron chi connectivity index (χ0n) is 20.0. The number of nitrogens with one attached hydrogen (secondary N) is 2. The molecule has 0 aromatic heterocycles. The normalized spacial score (nSPS) is 18.5. The predicted octanol–water partition coefficient (Wildman–Crippen LogP) is 5.56. The number of rotatable bonds is 7. The number of hydrogen-bond acceptors (Lipinski definition) is 4. The topological polar surface area (TPSA) is 78.5 Å². The Bertz CT molecular complexity index is 1340. The van der Waals surface area contributed by atoms with Gasteiger partial charge in [0.1, 0.15) is 10.3 Å². The Morgan fingerprint density at radius 1 is 0.944 bits per heavy atom. The van der Waals surface area contributed by atoms with Gasteiger partial charge in [0.25, 0.3) is 0 Å². The fraction of sp³-hybridized carbons (Fsp3) is 0.321. The van der Waals surface area contributed by atoms with Crippen LogP contribution in [0.3, 0.4) is 0 Å². The number of sulfonamides is 1. The van der Waals surface area contributed by atoms with Gasteiger partial charge < -0.3 is 10.2 Å². The molecule has 0 bridgehead atoms. The Morgan fingerprint density at radius 2 is 1.67 bits per heavy atom. The second-order valence-electron chi connectivity index (χ2n) is 9.40. The zero-order valence-corrected chi connectivity index (χ0v) is 21.6. The minimum absolute atomic E-state index is 0.177. The summed E-state index contributed by atoms with van der Waals surface area (Å²) in [4.78, 5) is 15.1. The van der Waals surface area contributed by atoms with Crippen molar-refractivity contribution in [3.05, 3.63) is 89.5 Å². The van der Waals surface area contributed by atoms with Crippen LogP contribution in [0.2, 0.25) is 0 Å². The summed E-state index contributed by atoms with van der Waals surface area (Å²) in [5.74, 6) is -0.408. The van der Waals surface area contributed by atoms with Crippen LogP contribution < -0.4 is 14.9 Å². The molecular weight excluding hydrogens is 494 g/mol.